The number of nitrogens with one attached hydrogen (secondary N) is 2. The summed E-state index contributed by atoms with van der Waals surface area (Å²) in [4.78, 5) is 16.9. The molecule has 1 fully saturated rings. The van der Waals surface area contributed by atoms with Crippen molar-refractivity contribution in [3.63, 3.8) is 0 Å². The van der Waals surface area contributed by atoms with E-state index in [1.54, 1.807) is 0 Å². The molecule has 2 heterocycles. The number of aromatic nitrogens is 4. The Bertz CT molecular complexity index is 1050. The summed E-state index contributed by atoms with van der Waals surface area (Å²) in [6, 6.07) is 13.5. The van der Waals surface area contributed by atoms with Crippen molar-refractivity contribution in [2.75, 3.05) is 10.6 Å². The van der Waals surface area contributed by atoms with Crippen molar-refractivity contribution in [1.29, 1.82) is 0 Å². The van der Waals surface area contributed by atoms with E-state index in [1.165, 1.54) is 25.0 Å². The molecule has 9 heteroatoms. The van der Waals surface area contributed by atoms with Crippen LogP contribution in [0.25, 0.3) is 11.5 Å². The molecule has 1 saturated carbocycles. The molecular weight excluding hydrogens is 417 g/mol. The summed E-state index contributed by atoms with van der Waals surface area (Å²) in [6.45, 7) is 4.01. The third kappa shape index (κ3) is 5.72. The van der Waals surface area contributed by atoms with Gasteiger partial charge in [0.2, 0.25) is 11.9 Å². The molecular formula is C23H25F3N6. The van der Waals surface area contributed by atoms with Crippen molar-refractivity contribution in [2.24, 2.45) is 5.92 Å². The van der Waals surface area contributed by atoms with E-state index in [0.29, 0.717) is 11.9 Å². The number of rotatable bonds is 8. The van der Waals surface area contributed by atoms with Crippen molar-refractivity contribution in [3.05, 3.63) is 59.8 Å². The minimum atomic E-state index is -4.55. The zero-order valence-corrected chi connectivity index (χ0v) is 17.9. The highest BCUT2D eigenvalue weighted by molar-refractivity contribution is 5.54. The summed E-state index contributed by atoms with van der Waals surface area (Å²) in [5.41, 5.74) is 0.0815. The molecule has 3 aromatic rings. The first-order chi connectivity index (χ1) is 15.3. The third-order valence-electron chi connectivity index (χ3n) is 5.31. The van der Waals surface area contributed by atoms with Gasteiger partial charge in [0, 0.05) is 6.04 Å². The van der Waals surface area contributed by atoms with Gasteiger partial charge in [0.25, 0.3) is 0 Å². The average molecular weight is 442 g/mol. The second-order valence-electron chi connectivity index (χ2n) is 8.21. The predicted molar refractivity (Wildman–Crippen MR) is 117 cm³/mol. The molecule has 2 aromatic heterocycles. The van der Waals surface area contributed by atoms with E-state index in [2.05, 4.69) is 30.6 Å². The number of anilines is 2. The van der Waals surface area contributed by atoms with Gasteiger partial charge >= 0.3 is 6.18 Å². The zero-order valence-electron chi connectivity index (χ0n) is 17.9. The van der Waals surface area contributed by atoms with Crippen LogP contribution in [0, 0.1) is 5.92 Å². The molecule has 2 atom stereocenters. The van der Waals surface area contributed by atoms with E-state index in [4.69, 9.17) is 0 Å². The summed E-state index contributed by atoms with van der Waals surface area (Å²) in [5, 5.41) is 6.50. The third-order valence-corrected chi connectivity index (χ3v) is 5.31. The molecule has 0 saturated heterocycles. The van der Waals surface area contributed by atoms with Crippen LogP contribution in [0.3, 0.4) is 0 Å². The highest BCUT2D eigenvalue weighted by Crippen LogP contribution is 2.34. The maximum Gasteiger partial charge on any atom is 0.433 e. The number of benzene rings is 1. The molecule has 1 aliphatic carbocycles. The monoisotopic (exact) mass is 442 g/mol. The predicted octanol–water partition coefficient (Wildman–Crippen LogP) is 5.73. The highest BCUT2D eigenvalue weighted by Gasteiger charge is 2.33. The molecule has 1 aromatic carbocycles. The van der Waals surface area contributed by atoms with E-state index in [9.17, 15) is 13.2 Å². The second kappa shape index (κ2) is 9.10. The summed E-state index contributed by atoms with van der Waals surface area (Å²) in [6.07, 6.45) is -1.11. The van der Waals surface area contributed by atoms with Crippen LogP contribution in [0.4, 0.5) is 25.1 Å². The molecule has 0 bridgehead atoms. The second-order valence-corrected chi connectivity index (χ2v) is 8.21. The Morgan fingerprint density at radius 3 is 2.22 bits per heavy atom. The Balaban J connectivity index is 1.65. The van der Waals surface area contributed by atoms with Crippen molar-refractivity contribution in [3.8, 4) is 11.5 Å². The first-order valence-corrected chi connectivity index (χ1v) is 10.7. The highest BCUT2D eigenvalue weighted by atomic mass is 19.4. The lowest BCUT2D eigenvalue weighted by atomic mass is 10.1. The molecule has 6 nitrogen and oxygen atoms in total. The van der Waals surface area contributed by atoms with Gasteiger partial charge in [0.1, 0.15) is 11.4 Å². The molecule has 1 aliphatic rings. The summed E-state index contributed by atoms with van der Waals surface area (Å²) in [5.74, 6) is 1.37. The average Bonchev–Trinajstić information content (AvgIpc) is 3.57. The number of alkyl halides is 3. The number of halogens is 3. The van der Waals surface area contributed by atoms with Crippen LogP contribution in [0.1, 0.15) is 50.4 Å². The van der Waals surface area contributed by atoms with Crippen LogP contribution >= 0.6 is 0 Å². The van der Waals surface area contributed by atoms with Gasteiger partial charge in [0.15, 0.2) is 5.82 Å². The Morgan fingerprint density at radius 2 is 1.56 bits per heavy atom. The van der Waals surface area contributed by atoms with Gasteiger partial charge in [-0.05, 0) is 43.9 Å². The Morgan fingerprint density at radius 1 is 0.875 bits per heavy atom. The maximum atomic E-state index is 13.2. The van der Waals surface area contributed by atoms with Crippen LogP contribution < -0.4 is 10.6 Å². The van der Waals surface area contributed by atoms with E-state index < -0.39 is 11.9 Å². The van der Waals surface area contributed by atoms with E-state index >= 15 is 0 Å². The normalized spacial score (nSPS) is 15.8. The molecule has 0 unspecified atom stereocenters. The van der Waals surface area contributed by atoms with Gasteiger partial charge in [-0.2, -0.15) is 28.1 Å². The Kier molecular flexibility index (Phi) is 6.25. The molecule has 0 spiro atoms. The van der Waals surface area contributed by atoms with Crippen LogP contribution in [-0.4, -0.2) is 26.0 Å². The van der Waals surface area contributed by atoms with Crippen LogP contribution in [0.5, 0.6) is 0 Å². The Labute approximate surface area is 184 Å². The van der Waals surface area contributed by atoms with Gasteiger partial charge in [-0.1, -0.05) is 49.2 Å². The van der Waals surface area contributed by atoms with E-state index in [1.807, 2.05) is 44.2 Å². The maximum absolute atomic E-state index is 13.2. The molecule has 168 valence electrons. The lowest BCUT2D eigenvalue weighted by Gasteiger charge is -2.17. The minimum Gasteiger partial charge on any atom is -0.352 e. The fourth-order valence-electron chi connectivity index (χ4n) is 3.49. The zero-order chi connectivity index (χ0) is 22.7. The van der Waals surface area contributed by atoms with Crippen LogP contribution in [-0.2, 0) is 6.18 Å². The van der Waals surface area contributed by atoms with Gasteiger partial charge in [-0.25, -0.2) is 4.98 Å². The lowest BCUT2D eigenvalue weighted by molar-refractivity contribution is -0.141. The SMILES string of the molecule is C[C@H](CC1CC1)Nc1nc(N[C@H](C)c2ccccc2)nc(-c2cccc(C(F)(F)F)n2)n1. The fraction of sp³-hybridized carbons (Fsp3) is 0.391. The standard InChI is InChI=1S/C23H25F3N6/c1-14(13-16-11-12-16)27-21-30-20(18-9-6-10-19(29-18)23(24,25)26)31-22(32-21)28-15(2)17-7-4-3-5-8-17/h3-10,14-16H,11-13H2,1-2H3,(H2,27,28,30,31,32)/t14-,15-/m1/s1. The number of hydrogen-bond acceptors (Lipinski definition) is 6. The lowest BCUT2D eigenvalue weighted by Crippen LogP contribution is -2.19. The molecule has 4 rings (SSSR count). The van der Waals surface area contributed by atoms with Crippen LogP contribution in [0.15, 0.2) is 48.5 Å². The summed E-state index contributed by atoms with van der Waals surface area (Å²) in [7, 11) is 0. The first kappa shape index (κ1) is 22.0. The number of pyridine rings is 1. The van der Waals surface area contributed by atoms with Crippen molar-refractivity contribution in [1.82, 2.24) is 19.9 Å². The Hall–Kier alpha value is -3.23. The largest absolute Gasteiger partial charge is 0.433 e. The fourth-order valence-corrected chi connectivity index (χ4v) is 3.49. The summed E-state index contributed by atoms with van der Waals surface area (Å²) >= 11 is 0. The first-order valence-electron chi connectivity index (χ1n) is 10.7. The topological polar surface area (TPSA) is 75.6 Å². The minimum absolute atomic E-state index is 0.0375. The molecule has 0 radical (unpaired) electrons. The number of hydrogen-bond donors (Lipinski definition) is 2. The molecule has 0 amide bonds. The van der Waals surface area contributed by atoms with E-state index in [0.717, 1.165) is 18.1 Å². The molecule has 0 aliphatic heterocycles. The number of nitrogens with zero attached hydrogens (tertiary/aromatic N) is 4. The van der Waals surface area contributed by atoms with Crippen molar-refractivity contribution >= 4 is 11.9 Å². The van der Waals surface area contributed by atoms with Gasteiger partial charge in [0.05, 0.1) is 6.04 Å². The van der Waals surface area contributed by atoms with Gasteiger partial charge < -0.3 is 10.6 Å². The van der Waals surface area contributed by atoms with Gasteiger partial charge in [-0.3, -0.25) is 0 Å². The molecule has 2 N–H and O–H groups in total. The summed E-state index contributed by atoms with van der Waals surface area (Å²) < 4.78 is 39.5. The van der Waals surface area contributed by atoms with E-state index in [-0.39, 0.29) is 29.6 Å². The quantitative estimate of drug-likeness (QED) is 0.464. The van der Waals surface area contributed by atoms with Crippen molar-refractivity contribution in [2.45, 2.75) is 51.4 Å². The van der Waals surface area contributed by atoms with Crippen molar-refractivity contribution < 1.29 is 13.2 Å². The smallest absolute Gasteiger partial charge is 0.352 e. The van der Waals surface area contributed by atoms with Gasteiger partial charge in [-0.15, -0.1) is 0 Å². The molecule has 32 heavy (non-hydrogen) atoms. The van der Waals surface area contributed by atoms with Crippen LogP contribution in [0.2, 0.25) is 0 Å².